The number of hydrogen-bond donors (Lipinski definition) is 2. The van der Waals surface area contributed by atoms with Crippen molar-refractivity contribution in [2.75, 3.05) is 26.2 Å². The first-order chi connectivity index (χ1) is 20.0. The Kier molecular flexibility index (Phi) is 24.4. The molecule has 0 fully saturated rings. The Bertz CT molecular complexity index is 669. The van der Waals surface area contributed by atoms with E-state index in [2.05, 4.69) is 6.58 Å². The second kappa shape index (κ2) is 25.6. The molecule has 0 aromatic rings. The van der Waals surface area contributed by atoms with Crippen LogP contribution in [0.1, 0.15) is 149 Å². The molecule has 0 saturated carbocycles. The van der Waals surface area contributed by atoms with Gasteiger partial charge in [-0.2, -0.15) is 0 Å². The zero-order valence-electron chi connectivity index (χ0n) is 27.5. The summed E-state index contributed by atoms with van der Waals surface area (Å²) in [6.07, 6.45) is 27.4. The molecule has 0 spiro atoms. The molecule has 246 valence electrons. The lowest BCUT2D eigenvalue weighted by Gasteiger charge is -2.43. The van der Waals surface area contributed by atoms with Crippen molar-refractivity contribution in [1.82, 2.24) is 0 Å². The van der Waals surface area contributed by atoms with Crippen molar-refractivity contribution in [1.29, 1.82) is 0 Å². The Morgan fingerprint density at radius 3 is 1.14 bits per heavy atom. The van der Waals surface area contributed by atoms with Gasteiger partial charge in [0.25, 0.3) is 0 Å². The smallest absolute Gasteiger partial charge is 0.311 e. The van der Waals surface area contributed by atoms with E-state index in [1.54, 1.807) is 20.8 Å². The summed E-state index contributed by atoms with van der Waals surface area (Å²) in [5.41, 5.74) is 0. The molecule has 0 saturated heterocycles. The lowest BCUT2D eigenvalue weighted by atomic mass is 10.00. The number of carboxylic acid groups (broad SMARTS) is 3. The molecule has 3 atom stereocenters. The van der Waals surface area contributed by atoms with Gasteiger partial charge in [-0.15, -0.1) is 6.58 Å². The molecule has 42 heavy (non-hydrogen) atoms. The number of allylic oxidation sites excluding steroid dienone is 1. The van der Waals surface area contributed by atoms with Crippen molar-refractivity contribution >= 4 is 17.9 Å². The molecule has 0 radical (unpaired) electrons. The van der Waals surface area contributed by atoms with Crippen molar-refractivity contribution in [3.8, 4) is 0 Å². The predicted octanol–water partition coefficient (Wildman–Crippen LogP) is 7.62. The van der Waals surface area contributed by atoms with Crippen molar-refractivity contribution in [2.45, 2.75) is 149 Å². The van der Waals surface area contributed by atoms with Gasteiger partial charge in [-0.05, 0) is 39.5 Å². The Morgan fingerprint density at radius 2 is 0.857 bits per heavy atom. The summed E-state index contributed by atoms with van der Waals surface area (Å²) in [7, 11) is 0. The highest BCUT2D eigenvalue weighted by Gasteiger charge is 2.36. The molecule has 0 amide bonds. The second-order valence-corrected chi connectivity index (χ2v) is 13.1. The summed E-state index contributed by atoms with van der Waals surface area (Å²) >= 11 is 0. The predicted molar refractivity (Wildman–Crippen MR) is 170 cm³/mol. The number of quaternary nitrogens is 1. The normalized spacial score (nSPS) is 15.0. The molecule has 2 N–H and O–H groups in total. The summed E-state index contributed by atoms with van der Waals surface area (Å²) in [5, 5.41) is 30.6. The highest BCUT2D eigenvalue weighted by atomic mass is 16.4. The summed E-state index contributed by atoms with van der Waals surface area (Å²) in [5.74, 6) is -5.23. The quantitative estimate of drug-likeness (QED) is 0.0484. The Labute approximate surface area is 257 Å². The lowest BCUT2D eigenvalue weighted by molar-refractivity contribution is -0.934. The Morgan fingerprint density at radius 1 is 0.571 bits per heavy atom. The Balaban J connectivity index is 4.14. The fraction of sp³-hybridized carbons (Fsp3) is 0.857. The van der Waals surface area contributed by atoms with Gasteiger partial charge >= 0.3 is 11.9 Å². The topological polar surface area (TPSA) is 115 Å². The van der Waals surface area contributed by atoms with Crippen LogP contribution in [0.2, 0.25) is 0 Å². The first-order valence-electron chi connectivity index (χ1n) is 17.2. The largest absolute Gasteiger partial charge is 0.550 e. The molecule has 0 rings (SSSR count). The van der Waals surface area contributed by atoms with Crippen LogP contribution >= 0.6 is 0 Å². The summed E-state index contributed by atoms with van der Waals surface area (Å²) in [4.78, 5) is 34.8. The molecule has 0 bridgehead atoms. The Hall–Kier alpha value is -1.89. The van der Waals surface area contributed by atoms with Gasteiger partial charge in [0.2, 0.25) is 0 Å². The SMILES string of the molecule is C=CCCCCCCCCCCCCCCCCCCCCC[N+](CC(C)C(=O)[O-])(CC(C)C(=O)O)CC(C)C(=O)O. The van der Waals surface area contributed by atoms with E-state index in [-0.39, 0.29) is 24.1 Å². The molecule has 0 aliphatic rings. The van der Waals surface area contributed by atoms with E-state index >= 15 is 0 Å². The minimum Gasteiger partial charge on any atom is -0.550 e. The van der Waals surface area contributed by atoms with Crippen LogP contribution in [-0.2, 0) is 14.4 Å². The molecule has 0 aromatic heterocycles. The van der Waals surface area contributed by atoms with Crippen LogP contribution in [-0.4, -0.2) is 58.8 Å². The second-order valence-electron chi connectivity index (χ2n) is 13.1. The maximum Gasteiger partial charge on any atom is 0.311 e. The van der Waals surface area contributed by atoms with Gasteiger partial charge in [-0.25, -0.2) is 0 Å². The van der Waals surface area contributed by atoms with E-state index in [0.29, 0.717) is 6.54 Å². The monoisotopic (exact) mass is 595 g/mol. The first-order valence-corrected chi connectivity index (χ1v) is 17.2. The van der Waals surface area contributed by atoms with Crippen LogP contribution in [0.5, 0.6) is 0 Å². The minimum absolute atomic E-state index is 0.187. The van der Waals surface area contributed by atoms with Gasteiger partial charge in [0, 0.05) is 11.9 Å². The van der Waals surface area contributed by atoms with Gasteiger partial charge in [0.15, 0.2) is 0 Å². The third-order valence-electron chi connectivity index (χ3n) is 8.77. The fourth-order valence-corrected chi connectivity index (χ4v) is 6.21. The summed E-state index contributed by atoms with van der Waals surface area (Å²) in [6.45, 7) is 9.79. The number of rotatable bonds is 31. The first kappa shape index (κ1) is 40.1. The molecular weight excluding hydrogens is 530 g/mol. The van der Waals surface area contributed by atoms with Crippen LogP contribution in [0.15, 0.2) is 12.7 Å². The maximum absolute atomic E-state index is 11.6. The summed E-state index contributed by atoms with van der Waals surface area (Å²) < 4.78 is 0.187. The highest BCUT2D eigenvalue weighted by molar-refractivity contribution is 5.70. The van der Waals surface area contributed by atoms with E-state index in [0.717, 1.165) is 25.7 Å². The van der Waals surface area contributed by atoms with Crippen LogP contribution in [0.3, 0.4) is 0 Å². The number of carboxylic acids is 3. The molecule has 7 heteroatoms. The summed E-state index contributed by atoms with van der Waals surface area (Å²) in [6, 6.07) is 0. The number of carbonyl (C=O) groups is 3. The number of nitrogens with zero attached hydrogens (tertiary/aromatic N) is 1. The number of hydrogen-bond acceptors (Lipinski definition) is 4. The molecule has 3 unspecified atom stereocenters. The van der Waals surface area contributed by atoms with Crippen LogP contribution < -0.4 is 5.11 Å². The molecule has 0 heterocycles. The van der Waals surface area contributed by atoms with Gasteiger partial charge in [-0.3, -0.25) is 9.59 Å². The average molecular weight is 596 g/mol. The van der Waals surface area contributed by atoms with E-state index in [4.69, 9.17) is 0 Å². The lowest BCUT2D eigenvalue weighted by Crippen LogP contribution is -2.58. The van der Waals surface area contributed by atoms with Gasteiger partial charge in [0.1, 0.15) is 11.8 Å². The van der Waals surface area contributed by atoms with E-state index in [9.17, 15) is 29.7 Å². The van der Waals surface area contributed by atoms with Crippen molar-refractivity contribution in [2.24, 2.45) is 17.8 Å². The average Bonchev–Trinajstić information content (AvgIpc) is 2.93. The number of aliphatic carboxylic acids is 3. The minimum atomic E-state index is -1.18. The van der Waals surface area contributed by atoms with Gasteiger partial charge in [-0.1, -0.05) is 116 Å². The number of carbonyl (C=O) groups excluding carboxylic acids is 1. The van der Waals surface area contributed by atoms with Gasteiger partial charge < -0.3 is 24.6 Å². The van der Waals surface area contributed by atoms with Gasteiger partial charge in [0.05, 0.1) is 26.2 Å². The molecule has 0 aliphatic carbocycles. The molecular formula is C35H65NO6. The van der Waals surface area contributed by atoms with E-state index in [1.807, 2.05) is 6.08 Å². The van der Waals surface area contributed by atoms with Crippen molar-refractivity contribution in [3.05, 3.63) is 12.7 Å². The van der Waals surface area contributed by atoms with Crippen LogP contribution in [0.4, 0.5) is 0 Å². The maximum atomic E-state index is 11.6. The molecule has 0 aliphatic heterocycles. The fourth-order valence-electron chi connectivity index (χ4n) is 6.21. The van der Waals surface area contributed by atoms with E-state index < -0.39 is 35.7 Å². The molecule has 7 nitrogen and oxygen atoms in total. The van der Waals surface area contributed by atoms with E-state index in [1.165, 1.54) is 103 Å². The zero-order valence-corrected chi connectivity index (χ0v) is 27.5. The van der Waals surface area contributed by atoms with Crippen LogP contribution in [0, 0.1) is 17.8 Å². The van der Waals surface area contributed by atoms with Crippen molar-refractivity contribution < 1.29 is 34.2 Å². The third-order valence-corrected chi connectivity index (χ3v) is 8.77. The van der Waals surface area contributed by atoms with Crippen molar-refractivity contribution in [3.63, 3.8) is 0 Å². The zero-order chi connectivity index (χ0) is 31.6. The number of unbranched alkanes of at least 4 members (excludes halogenated alkanes) is 19. The van der Waals surface area contributed by atoms with Crippen LogP contribution in [0.25, 0.3) is 0 Å². The third kappa shape index (κ3) is 21.8. The highest BCUT2D eigenvalue weighted by Crippen LogP contribution is 2.22. The molecule has 0 aromatic carbocycles. The standard InChI is InChI=1S/C35H65NO6/c1-5-6-7-8-9-10-11-12-13-14-15-16-17-18-19-20-21-22-23-24-25-26-36(27-30(2)33(37)38,28-31(3)34(39)40)29-32(4)35(41)42/h5,30-32H,1,6-29H2,2-4H3,(H2-,37,38,39,40,41,42).